The van der Waals surface area contributed by atoms with Crippen LogP contribution in [-0.4, -0.2) is 25.2 Å². The summed E-state index contributed by atoms with van der Waals surface area (Å²) in [5.74, 6) is 0.00849. The van der Waals surface area contributed by atoms with E-state index in [1.165, 1.54) is 173 Å². The first kappa shape index (κ1) is 42.9. The number of carbonyl (C=O) groups excluding carboxylic acids is 2. The summed E-state index contributed by atoms with van der Waals surface area (Å²) < 4.78 is 10.8. The molecule has 0 unspecified atom stereocenters. The van der Waals surface area contributed by atoms with Gasteiger partial charge in [0.2, 0.25) is 0 Å². The van der Waals surface area contributed by atoms with Crippen LogP contribution in [0.5, 0.6) is 0 Å². The maximum absolute atomic E-state index is 11.9. The molecular weight excluding hydrogens is 544 g/mol. The van der Waals surface area contributed by atoms with Crippen molar-refractivity contribution in [2.24, 2.45) is 0 Å². The van der Waals surface area contributed by atoms with E-state index >= 15 is 0 Å². The van der Waals surface area contributed by atoms with Crippen molar-refractivity contribution in [2.45, 2.75) is 232 Å². The molecule has 0 saturated heterocycles. The van der Waals surface area contributed by atoms with Gasteiger partial charge in [-0.3, -0.25) is 9.59 Å². The molecule has 0 aromatic heterocycles. The Labute approximate surface area is 276 Å². The maximum atomic E-state index is 11.9. The topological polar surface area (TPSA) is 52.6 Å². The van der Waals surface area contributed by atoms with Crippen molar-refractivity contribution in [3.05, 3.63) is 0 Å². The Morgan fingerprint density at radius 3 is 0.750 bits per heavy atom. The summed E-state index contributed by atoms with van der Waals surface area (Å²) in [6.45, 7) is 5.73. The van der Waals surface area contributed by atoms with Gasteiger partial charge in [-0.25, -0.2) is 0 Å². The van der Waals surface area contributed by atoms with Crippen molar-refractivity contribution in [1.82, 2.24) is 0 Å². The first-order valence-corrected chi connectivity index (χ1v) is 20.0. The van der Waals surface area contributed by atoms with E-state index in [1.54, 1.807) is 0 Å². The van der Waals surface area contributed by atoms with E-state index in [-0.39, 0.29) is 11.9 Å². The van der Waals surface area contributed by atoms with Crippen molar-refractivity contribution in [3.8, 4) is 0 Å². The van der Waals surface area contributed by atoms with E-state index in [0.717, 1.165) is 32.1 Å². The third kappa shape index (κ3) is 37.1. The molecule has 0 aromatic rings. The highest BCUT2D eigenvalue weighted by Gasteiger charge is 2.04. The van der Waals surface area contributed by atoms with Gasteiger partial charge in [-0.15, -0.1) is 0 Å². The zero-order valence-corrected chi connectivity index (χ0v) is 30.1. The van der Waals surface area contributed by atoms with Crippen LogP contribution in [0, 0.1) is 0 Å². The lowest BCUT2D eigenvalue weighted by Gasteiger charge is -2.06. The Morgan fingerprint density at radius 1 is 0.295 bits per heavy atom. The van der Waals surface area contributed by atoms with Crippen LogP contribution in [0.4, 0.5) is 0 Å². The van der Waals surface area contributed by atoms with Crippen LogP contribution in [0.25, 0.3) is 0 Å². The molecule has 0 bridgehead atoms. The highest BCUT2D eigenvalue weighted by molar-refractivity contribution is 5.69. The molecule has 0 aliphatic rings. The second-order valence-electron chi connectivity index (χ2n) is 13.5. The van der Waals surface area contributed by atoms with E-state index in [1.807, 2.05) is 0 Å². The van der Waals surface area contributed by atoms with Gasteiger partial charge < -0.3 is 9.47 Å². The van der Waals surface area contributed by atoms with Crippen LogP contribution < -0.4 is 0 Å². The maximum Gasteiger partial charge on any atom is 0.305 e. The zero-order valence-electron chi connectivity index (χ0n) is 30.1. The van der Waals surface area contributed by atoms with Crippen LogP contribution in [0.2, 0.25) is 0 Å². The van der Waals surface area contributed by atoms with Crippen molar-refractivity contribution in [2.75, 3.05) is 13.2 Å². The van der Waals surface area contributed by atoms with Crippen LogP contribution in [0.15, 0.2) is 0 Å². The van der Waals surface area contributed by atoms with Crippen molar-refractivity contribution < 1.29 is 19.1 Å². The molecule has 0 N–H and O–H groups in total. The van der Waals surface area contributed by atoms with Crippen LogP contribution >= 0.6 is 0 Å². The molecule has 0 saturated carbocycles. The zero-order chi connectivity index (χ0) is 32.0. The summed E-state index contributed by atoms with van der Waals surface area (Å²) in [5, 5.41) is 0. The van der Waals surface area contributed by atoms with Gasteiger partial charge in [0, 0.05) is 12.8 Å². The normalized spacial score (nSPS) is 11.2. The fraction of sp³-hybridized carbons (Fsp3) is 0.950. The molecule has 44 heavy (non-hydrogen) atoms. The summed E-state index contributed by atoms with van der Waals surface area (Å²) >= 11 is 0. The van der Waals surface area contributed by atoms with Gasteiger partial charge in [0.1, 0.15) is 0 Å². The average Bonchev–Trinajstić information content (AvgIpc) is 3.02. The number of esters is 2. The Balaban J connectivity index is 3.20. The summed E-state index contributed by atoms with van der Waals surface area (Å²) in [6.07, 6.45) is 42.0. The van der Waals surface area contributed by atoms with E-state index in [9.17, 15) is 9.59 Å². The van der Waals surface area contributed by atoms with Gasteiger partial charge in [0.25, 0.3) is 0 Å². The van der Waals surface area contributed by atoms with Gasteiger partial charge in [-0.1, -0.05) is 194 Å². The smallest absolute Gasteiger partial charge is 0.305 e. The van der Waals surface area contributed by atoms with Crippen molar-refractivity contribution >= 4 is 11.9 Å². The molecule has 4 nitrogen and oxygen atoms in total. The fourth-order valence-electron chi connectivity index (χ4n) is 6.00. The molecule has 0 aromatic carbocycles. The number of carbonyl (C=O) groups is 2. The molecule has 0 spiro atoms. The van der Waals surface area contributed by atoms with Crippen molar-refractivity contribution in [1.29, 1.82) is 0 Å². The third-order valence-corrected chi connectivity index (χ3v) is 9.03. The first-order valence-electron chi connectivity index (χ1n) is 20.0. The quantitative estimate of drug-likeness (QED) is 0.0511. The molecule has 0 heterocycles. The number of ether oxygens (including phenoxy) is 2. The number of unbranched alkanes of at least 4 members (excludes halogenated alkanes) is 29. The van der Waals surface area contributed by atoms with Gasteiger partial charge in [-0.2, -0.15) is 0 Å². The number of hydrogen-bond donors (Lipinski definition) is 0. The largest absolute Gasteiger partial charge is 0.466 e. The molecule has 0 amide bonds. The van der Waals surface area contributed by atoms with Gasteiger partial charge in [0.15, 0.2) is 0 Å². The van der Waals surface area contributed by atoms with E-state index in [4.69, 9.17) is 9.47 Å². The summed E-state index contributed by atoms with van der Waals surface area (Å²) in [4.78, 5) is 23.7. The molecule has 0 radical (unpaired) electrons. The minimum absolute atomic E-state index is 0.000192. The highest BCUT2D eigenvalue weighted by Crippen LogP contribution is 2.15. The molecule has 0 rings (SSSR count). The molecule has 0 aliphatic carbocycles. The molecule has 262 valence electrons. The van der Waals surface area contributed by atoms with Crippen LogP contribution in [0.1, 0.15) is 232 Å². The second kappa shape index (κ2) is 38.1. The van der Waals surface area contributed by atoms with Crippen molar-refractivity contribution in [3.63, 3.8) is 0 Å². The van der Waals surface area contributed by atoms with Crippen LogP contribution in [0.3, 0.4) is 0 Å². The van der Waals surface area contributed by atoms with E-state index in [2.05, 4.69) is 13.8 Å². The third-order valence-electron chi connectivity index (χ3n) is 9.03. The predicted octanol–water partition coefficient (Wildman–Crippen LogP) is 13.4. The lowest BCUT2D eigenvalue weighted by molar-refractivity contribution is -0.144. The molecule has 0 aliphatic heterocycles. The summed E-state index contributed by atoms with van der Waals surface area (Å²) in [5.41, 5.74) is 0. The lowest BCUT2D eigenvalue weighted by atomic mass is 10.0. The Hall–Kier alpha value is -1.06. The van der Waals surface area contributed by atoms with Gasteiger partial charge in [-0.05, 0) is 25.7 Å². The van der Waals surface area contributed by atoms with Gasteiger partial charge >= 0.3 is 11.9 Å². The monoisotopic (exact) mass is 623 g/mol. The lowest BCUT2D eigenvalue weighted by Crippen LogP contribution is -2.05. The standard InChI is InChI=1S/C40H78O4/c1-3-5-7-9-11-12-13-15-18-21-24-27-32-36-40(42)44-38-34-30-26-23-20-17-14-16-19-22-25-28-31-35-39(41)43-37-33-29-10-8-6-4-2/h3-38H2,1-2H3. The average molecular weight is 623 g/mol. The first-order chi connectivity index (χ1) is 21.7. The molecule has 4 heteroatoms. The number of rotatable bonds is 37. The summed E-state index contributed by atoms with van der Waals surface area (Å²) in [7, 11) is 0. The Kier molecular flexibility index (Phi) is 37.2. The molecule has 0 atom stereocenters. The SMILES string of the molecule is CCCCCCCCCCCCCCCC(=O)OCCCCCCCCCCCCCCCC(=O)OCCCCCCCC. The second-order valence-corrected chi connectivity index (χ2v) is 13.5. The Bertz CT molecular complexity index is 576. The fourth-order valence-corrected chi connectivity index (χ4v) is 6.00. The molecular formula is C40H78O4. The minimum atomic E-state index is -0.000192. The highest BCUT2D eigenvalue weighted by atomic mass is 16.5. The predicted molar refractivity (Wildman–Crippen MR) is 190 cm³/mol. The minimum Gasteiger partial charge on any atom is -0.466 e. The summed E-state index contributed by atoms with van der Waals surface area (Å²) in [6, 6.07) is 0. The van der Waals surface area contributed by atoms with E-state index in [0.29, 0.717) is 26.1 Å². The van der Waals surface area contributed by atoms with Crippen LogP contribution in [-0.2, 0) is 19.1 Å². The molecule has 0 fully saturated rings. The number of hydrogen-bond acceptors (Lipinski definition) is 4. The van der Waals surface area contributed by atoms with Gasteiger partial charge in [0.05, 0.1) is 13.2 Å². The Morgan fingerprint density at radius 2 is 0.500 bits per heavy atom. The van der Waals surface area contributed by atoms with E-state index < -0.39 is 0 Å².